The van der Waals surface area contributed by atoms with E-state index >= 15 is 0 Å². The number of hydrogen-bond donors (Lipinski definition) is 1. The summed E-state index contributed by atoms with van der Waals surface area (Å²) in [6.07, 6.45) is 1.53. The zero-order valence-electron chi connectivity index (χ0n) is 7.98. The molecule has 1 aromatic carbocycles. The van der Waals surface area contributed by atoms with Crippen molar-refractivity contribution in [3.05, 3.63) is 39.4 Å². The molecule has 0 atom stereocenters. The van der Waals surface area contributed by atoms with Crippen LogP contribution < -0.4 is 11.3 Å². The van der Waals surface area contributed by atoms with Crippen molar-refractivity contribution in [1.82, 2.24) is 9.55 Å². The van der Waals surface area contributed by atoms with Gasteiger partial charge in [0, 0.05) is 17.6 Å². The van der Waals surface area contributed by atoms with Crippen molar-refractivity contribution < 1.29 is 0 Å². The number of hydrogen-bond acceptors (Lipinski definition) is 3. The van der Waals surface area contributed by atoms with Crippen molar-refractivity contribution in [2.24, 2.45) is 5.73 Å². The van der Waals surface area contributed by atoms with E-state index in [1.165, 1.54) is 10.9 Å². The second kappa shape index (κ2) is 4.12. The van der Waals surface area contributed by atoms with Gasteiger partial charge in [0.25, 0.3) is 5.56 Å². The summed E-state index contributed by atoms with van der Waals surface area (Å²) < 4.78 is 2.40. The zero-order chi connectivity index (χ0) is 10.8. The van der Waals surface area contributed by atoms with Crippen molar-refractivity contribution in [3.8, 4) is 0 Å². The first kappa shape index (κ1) is 10.3. The van der Waals surface area contributed by atoms with E-state index < -0.39 is 0 Å². The van der Waals surface area contributed by atoms with E-state index in [0.29, 0.717) is 24.0 Å². The van der Waals surface area contributed by atoms with Crippen LogP contribution in [0.15, 0.2) is 33.8 Å². The highest BCUT2D eigenvalue weighted by molar-refractivity contribution is 9.10. The molecule has 0 fully saturated rings. The van der Waals surface area contributed by atoms with Crippen LogP contribution in [0.25, 0.3) is 10.9 Å². The maximum Gasteiger partial charge on any atom is 0.261 e. The molecule has 2 aromatic rings. The molecule has 0 spiro atoms. The van der Waals surface area contributed by atoms with Crippen LogP contribution >= 0.6 is 15.9 Å². The van der Waals surface area contributed by atoms with Crippen LogP contribution in [0.3, 0.4) is 0 Å². The molecule has 1 aromatic heterocycles. The first-order valence-corrected chi connectivity index (χ1v) is 5.36. The molecule has 0 aliphatic carbocycles. The summed E-state index contributed by atoms with van der Waals surface area (Å²) in [4.78, 5) is 16.1. The fourth-order valence-corrected chi connectivity index (χ4v) is 1.79. The number of nitrogens with two attached hydrogens (primary N) is 1. The summed E-state index contributed by atoms with van der Waals surface area (Å²) in [5, 5.41) is 0.611. The lowest BCUT2D eigenvalue weighted by Crippen LogP contribution is -2.24. The summed E-state index contributed by atoms with van der Waals surface area (Å²) in [7, 11) is 0. The van der Waals surface area contributed by atoms with Gasteiger partial charge in [0.15, 0.2) is 0 Å². The molecule has 0 aliphatic heterocycles. The monoisotopic (exact) mass is 267 g/mol. The van der Waals surface area contributed by atoms with E-state index in [9.17, 15) is 4.79 Å². The third-order valence-corrected chi connectivity index (χ3v) is 2.65. The first-order chi connectivity index (χ1) is 7.22. The molecule has 4 nitrogen and oxygen atoms in total. The van der Waals surface area contributed by atoms with Gasteiger partial charge in [0.1, 0.15) is 0 Å². The minimum absolute atomic E-state index is 0.0493. The van der Waals surface area contributed by atoms with Gasteiger partial charge in [0.2, 0.25) is 0 Å². The van der Waals surface area contributed by atoms with E-state index in [-0.39, 0.29) is 5.56 Å². The first-order valence-electron chi connectivity index (χ1n) is 4.57. The Kier molecular flexibility index (Phi) is 2.83. The Bertz CT molecular complexity index is 550. The van der Waals surface area contributed by atoms with Crippen LogP contribution in [0.5, 0.6) is 0 Å². The van der Waals surface area contributed by atoms with E-state index in [4.69, 9.17) is 5.73 Å². The number of benzene rings is 1. The average molecular weight is 268 g/mol. The minimum Gasteiger partial charge on any atom is -0.329 e. The van der Waals surface area contributed by atoms with Crippen LogP contribution in [-0.2, 0) is 6.54 Å². The van der Waals surface area contributed by atoms with Crippen molar-refractivity contribution in [3.63, 3.8) is 0 Å². The third kappa shape index (κ3) is 1.93. The highest BCUT2D eigenvalue weighted by Crippen LogP contribution is 2.14. The van der Waals surface area contributed by atoms with Gasteiger partial charge in [-0.3, -0.25) is 9.36 Å². The Hall–Kier alpha value is -1.20. The van der Waals surface area contributed by atoms with Crippen LogP contribution in [0.2, 0.25) is 0 Å². The van der Waals surface area contributed by atoms with Gasteiger partial charge >= 0.3 is 0 Å². The summed E-state index contributed by atoms with van der Waals surface area (Å²) >= 11 is 3.33. The van der Waals surface area contributed by atoms with Gasteiger partial charge in [-0.25, -0.2) is 4.98 Å². The molecule has 0 saturated carbocycles. The van der Waals surface area contributed by atoms with Crippen LogP contribution in [0, 0.1) is 0 Å². The summed E-state index contributed by atoms with van der Waals surface area (Å²) in [5.74, 6) is 0. The Morgan fingerprint density at radius 3 is 3.00 bits per heavy atom. The molecule has 0 radical (unpaired) electrons. The molecule has 1 heterocycles. The van der Waals surface area contributed by atoms with Gasteiger partial charge in [-0.2, -0.15) is 0 Å². The molecule has 0 unspecified atom stereocenters. The van der Waals surface area contributed by atoms with Gasteiger partial charge in [-0.1, -0.05) is 15.9 Å². The molecule has 0 aliphatic rings. The fourth-order valence-electron chi connectivity index (χ4n) is 1.43. The number of halogens is 1. The smallest absolute Gasteiger partial charge is 0.261 e. The summed E-state index contributed by atoms with van der Waals surface area (Å²) in [5.41, 5.74) is 6.06. The minimum atomic E-state index is -0.0493. The maximum atomic E-state index is 11.9. The Balaban J connectivity index is 2.71. The molecular weight excluding hydrogens is 258 g/mol. The van der Waals surface area contributed by atoms with Crippen molar-refractivity contribution >= 4 is 26.8 Å². The molecule has 2 rings (SSSR count). The molecule has 0 amide bonds. The Morgan fingerprint density at radius 1 is 1.47 bits per heavy atom. The SMILES string of the molecule is NCCn1cnc2ccc(Br)cc2c1=O. The zero-order valence-corrected chi connectivity index (χ0v) is 9.57. The van der Waals surface area contributed by atoms with Crippen LogP contribution in [0.4, 0.5) is 0 Å². The molecule has 5 heteroatoms. The topological polar surface area (TPSA) is 60.9 Å². The van der Waals surface area contributed by atoms with E-state index in [2.05, 4.69) is 20.9 Å². The number of fused-ring (bicyclic) bond motifs is 1. The van der Waals surface area contributed by atoms with Gasteiger partial charge < -0.3 is 5.73 Å². The Labute approximate surface area is 94.9 Å². The second-order valence-corrected chi connectivity index (χ2v) is 4.11. The second-order valence-electron chi connectivity index (χ2n) is 3.19. The highest BCUT2D eigenvalue weighted by Gasteiger charge is 2.03. The van der Waals surface area contributed by atoms with Crippen LogP contribution in [0.1, 0.15) is 0 Å². The molecule has 0 bridgehead atoms. The molecule has 15 heavy (non-hydrogen) atoms. The van der Waals surface area contributed by atoms with Crippen molar-refractivity contribution in [1.29, 1.82) is 0 Å². The normalized spacial score (nSPS) is 10.8. The summed E-state index contributed by atoms with van der Waals surface area (Å²) in [6, 6.07) is 5.45. The standard InChI is InChI=1S/C10H10BrN3O/c11-7-1-2-9-8(5-7)10(15)14(4-3-12)6-13-9/h1-2,5-6H,3-4,12H2. The summed E-state index contributed by atoms with van der Waals surface area (Å²) in [6.45, 7) is 0.926. The molecular formula is C10H10BrN3O. The lowest BCUT2D eigenvalue weighted by Gasteiger charge is -2.04. The lowest BCUT2D eigenvalue weighted by atomic mass is 10.2. The van der Waals surface area contributed by atoms with E-state index in [1.807, 2.05) is 12.1 Å². The van der Waals surface area contributed by atoms with E-state index in [1.54, 1.807) is 6.07 Å². The van der Waals surface area contributed by atoms with E-state index in [0.717, 1.165) is 4.47 Å². The number of aromatic nitrogens is 2. The van der Waals surface area contributed by atoms with Crippen molar-refractivity contribution in [2.45, 2.75) is 6.54 Å². The maximum absolute atomic E-state index is 11.9. The van der Waals surface area contributed by atoms with Gasteiger partial charge in [-0.05, 0) is 18.2 Å². The number of nitrogens with zero attached hydrogens (tertiary/aromatic N) is 2. The van der Waals surface area contributed by atoms with Crippen LogP contribution in [-0.4, -0.2) is 16.1 Å². The average Bonchev–Trinajstić information content (AvgIpc) is 2.23. The Morgan fingerprint density at radius 2 is 2.27 bits per heavy atom. The predicted molar refractivity (Wildman–Crippen MR) is 62.8 cm³/mol. The lowest BCUT2D eigenvalue weighted by molar-refractivity contribution is 0.673. The largest absolute Gasteiger partial charge is 0.329 e. The van der Waals surface area contributed by atoms with Crippen molar-refractivity contribution in [2.75, 3.05) is 6.54 Å². The molecule has 2 N–H and O–H groups in total. The highest BCUT2D eigenvalue weighted by atomic mass is 79.9. The predicted octanol–water partition coefficient (Wildman–Crippen LogP) is 1.12. The van der Waals surface area contributed by atoms with Gasteiger partial charge in [0.05, 0.1) is 17.2 Å². The number of rotatable bonds is 2. The fraction of sp³-hybridized carbons (Fsp3) is 0.200. The quantitative estimate of drug-likeness (QED) is 0.887. The van der Waals surface area contributed by atoms with Gasteiger partial charge in [-0.15, -0.1) is 0 Å². The molecule has 0 saturated heterocycles. The third-order valence-electron chi connectivity index (χ3n) is 2.16. The molecule has 78 valence electrons.